The Kier molecular flexibility index (Phi) is 5.30. The summed E-state index contributed by atoms with van der Waals surface area (Å²) in [5.74, 6) is -1.92. The van der Waals surface area contributed by atoms with E-state index in [-0.39, 0.29) is 22.6 Å². The number of likely N-dealkylation sites (N-methyl/N-ethyl adjacent to an activating group) is 1. The molecule has 0 saturated carbocycles. The molecule has 2 rings (SSSR count). The lowest BCUT2D eigenvalue weighted by atomic mass is 9.98. The first kappa shape index (κ1) is 16.3. The Balaban J connectivity index is 2.40. The van der Waals surface area contributed by atoms with E-state index in [1.807, 2.05) is 0 Å². The molecule has 112 valence electrons. The smallest absolute Gasteiger partial charge is 0.147 e. The first-order valence-electron chi connectivity index (χ1n) is 6.19. The molecule has 0 aliphatic rings. The van der Waals surface area contributed by atoms with Crippen molar-refractivity contribution in [2.75, 3.05) is 7.05 Å². The van der Waals surface area contributed by atoms with Gasteiger partial charge in [-0.25, -0.2) is 13.2 Å². The molecule has 1 nitrogen and oxygen atoms in total. The van der Waals surface area contributed by atoms with Crippen LogP contribution in [0.3, 0.4) is 0 Å². The Morgan fingerprint density at radius 2 is 1.76 bits per heavy atom. The Morgan fingerprint density at radius 3 is 2.33 bits per heavy atom. The van der Waals surface area contributed by atoms with Gasteiger partial charge in [-0.05, 0) is 47.6 Å². The van der Waals surface area contributed by atoms with Gasteiger partial charge in [-0.15, -0.1) is 0 Å². The second kappa shape index (κ2) is 6.81. The molecule has 0 bridgehead atoms. The third-order valence-electron chi connectivity index (χ3n) is 3.26. The van der Waals surface area contributed by atoms with E-state index in [2.05, 4.69) is 21.2 Å². The predicted octanol–water partition coefficient (Wildman–Crippen LogP) is 5.02. The minimum absolute atomic E-state index is 0.0239. The average Bonchev–Trinajstić information content (AvgIpc) is 2.46. The van der Waals surface area contributed by atoms with E-state index < -0.39 is 23.5 Å². The van der Waals surface area contributed by atoms with Crippen molar-refractivity contribution in [2.45, 2.75) is 12.5 Å². The third-order valence-corrected chi connectivity index (χ3v) is 4.52. The zero-order valence-electron chi connectivity index (χ0n) is 11.1. The summed E-state index contributed by atoms with van der Waals surface area (Å²) in [5, 5.41) is 2.81. The highest BCUT2D eigenvalue weighted by Gasteiger charge is 2.21. The molecule has 2 aromatic carbocycles. The van der Waals surface area contributed by atoms with E-state index in [4.69, 9.17) is 11.6 Å². The standard InChI is InChI=1S/C15H12BrClF3N/c1-21-13(7-9-11(18)3-2-4-12(9)19)8-5-6-10(16)14(17)15(8)20/h2-6,13,21H,7H2,1H3. The molecule has 1 atom stereocenters. The lowest BCUT2D eigenvalue weighted by Gasteiger charge is -2.19. The fourth-order valence-electron chi connectivity index (χ4n) is 2.11. The number of rotatable bonds is 4. The van der Waals surface area contributed by atoms with Crippen molar-refractivity contribution in [3.8, 4) is 0 Å². The van der Waals surface area contributed by atoms with Crippen molar-refractivity contribution >= 4 is 27.5 Å². The van der Waals surface area contributed by atoms with Gasteiger partial charge in [0.05, 0.1) is 5.02 Å². The SMILES string of the molecule is CNC(Cc1c(F)cccc1F)c1ccc(Br)c(Cl)c1F. The van der Waals surface area contributed by atoms with Crippen molar-refractivity contribution in [1.29, 1.82) is 0 Å². The molecule has 0 aliphatic carbocycles. The zero-order valence-corrected chi connectivity index (χ0v) is 13.4. The van der Waals surface area contributed by atoms with Crippen molar-refractivity contribution in [1.82, 2.24) is 5.32 Å². The first-order valence-corrected chi connectivity index (χ1v) is 7.36. The van der Waals surface area contributed by atoms with Gasteiger partial charge in [0.25, 0.3) is 0 Å². The van der Waals surface area contributed by atoms with Gasteiger partial charge in [0, 0.05) is 21.6 Å². The highest BCUT2D eigenvalue weighted by Crippen LogP contribution is 2.32. The summed E-state index contributed by atoms with van der Waals surface area (Å²) in [6.07, 6.45) is -0.0239. The van der Waals surface area contributed by atoms with Crippen LogP contribution in [0.4, 0.5) is 13.2 Å². The van der Waals surface area contributed by atoms with Gasteiger partial charge in [0.15, 0.2) is 0 Å². The van der Waals surface area contributed by atoms with E-state index in [1.165, 1.54) is 24.3 Å². The van der Waals surface area contributed by atoms with Crippen molar-refractivity contribution in [2.24, 2.45) is 0 Å². The maximum atomic E-state index is 14.2. The summed E-state index contributed by atoms with van der Waals surface area (Å²) in [5.41, 5.74) is 0.170. The van der Waals surface area contributed by atoms with Gasteiger partial charge < -0.3 is 5.32 Å². The van der Waals surface area contributed by atoms with Gasteiger partial charge in [-0.2, -0.15) is 0 Å². The molecule has 0 fully saturated rings. The van der Waals surface area contributed by atoms with Crippen LogP contribution in [0.2, 0.25) is 5.02 Å². The summed E-state index contributed by atoms with van der Waals surface area (Å²) in [6.45, 7) is 0. The topological polar surface area (TPSA) is 12.0 Å². The second-order valence-electron chi connectivity index (χ2n) is 4.51. The summed E-state index contributed by atoms with van der Waals surface area (Å²) in [7, 11) is 1.60. The largest absolute Gasteiger partial charge is 0.313 e. The molecular formula is C15H12BrClF3N. The van der Waals surface area contributed by atoms with Gasteiger partial charge in [0.1, 0.15) is 17.5 Å². The Labute approximate surface area is 134 Å². The molecule has 0 saturated heterocycles. The molecule has 0 aromatic heterocycles. The van der Waals surface area contributed by atoms with E-state index in [0.29, 0.717) is 4.47 Å². The minimum Gasteiger partial charge on any atom is -0.313 e. The predicted molar refractivity (Wildman–Crippen MR) is 81.0 cm³/mol. The summed E-state index contributed by atoms with van der Waals surface area (Å²) in [4.78, 5) is 0. The molecule has 0 heterocycles. The van der Waals surface area contributed by atoms with Gasteiger partial charge in [0.2, 0.25) is 0 Å². The molecule has 1 unspecified atom stereocenters. The fraction of sp³-hybridized carbons (Fsp3) is 0.200. The average molecular weight is 379 g/mol. The second-order valence-corrected chi connectivity index (χ2v) is 5.74. The summed E-state index contributed by atoms with van der Waals surface area (Å²) in [6, 6.07) is 6.18. The maximum absolute atomic E-state index is 14.2. The molecule has 0 amide bonds. The van der Waals surface area contributed by atoms with Crippen LogP contribution in [0, 0.1) is 17.5 Å². The van der Waals surface area contributed by atoms with Crippen LogP contribution in [0.25, 0.3) is 0 Å². The lowest BCUT2D eigenvalue weighted by molar-refractivity contribution is 0.497. The fourth-order valence-corrected chi connectivity index (χ4v) is 2.59. The molecule has 0 spiro atoms. The van der Waals surface area contributed by atoms with Crippen LogP contribution < -0.4 is 5.32 Å². The van der Waals surface area contributed by atoms with Crippen LogP contribution >= 0.6 is 27.5 Å². The maximum Gasteiger partial charge on any atom is 0.147 e. The highest BCUT2D eigenvalue weighted by molar-refractivity contribution is 9.10. The van der Waals surface area contributed by atoms with Crippen LogP contribution in [0.5, 0.6) is 0 Å². The molecule has 0 aliphatic heterocycles. The van der Waals surface area contributed by atoms with Crippen molar-refractivity contribution in [3.05, 3.63) is 68.4 Å². The molecular weight excluding hydrogens is 367 g/mol. The lowest BCUT2D eigenvalue weighted by Crippen LogP contribution is -2.21. The summed E-state index contributed by atoms with van der Waals surface area (Å²) < 4.78 is 42.1. The molecule has 1 N–H and O–H groups in total. The number of nitrogens with one attached hydrogen (secondary N) is 1. The van der Waals surface area contributed by atoms with E-state index >= 15 is 0 Å². The van der Waals surface area contributed by atoms with E-state index in [1.54, 1.807) is 13.1 Å². The van der Waals surface area contributed by atoms with Gasteiger partial charge >= 0.3 is 0 Å². The van der Waals surface area contributed by atoms with Crippen LogP contribution in [0.15, 0.2) is 34.8 Å². The quantitative estimate of drug-likeness (QED) is 0.736. The number of benzene rings is 2. The van der Waals surface area contributed by atoms with Crippen molar-refractivity contribution < 1.29 is 13.2 Å². The van der Waals surface area contributed by atoms with Gasteiger partial charge in [-0.3, -0.25) is 0 Å². The normalized spacial score (nSPS) is 12.5. The van der Waals surface area contributed by atoms with Crippen LogP contribution in [-0.4, -0.2) is 7.05 Å². The first-order chi connectivity index (χ1) is 9.95. The Hall–Kier alpha value is -1.04. The highest BCUT2D eigenvalue weighted by atomic mass is 79.9. The third kappa shape index (κ3) is 3.42. The van der Waals surface area contributed by atoms with Crippen LogP contribution in [-0.2, 0) is 6.42 Å². The number of hydrogen-bond donors (Lipinski definition) is 1. The summed E-state index contributed by atoms with van der Waals surface area (Å²) >= 11 is 8.98. The zero-order chi connectivity index (χ0) is 15.6. The van der Waals surface area contributed by atoms with E-state index in [0.717, 1.165) is 0 Å². The number of hydrogen-bond acceptors (Lipinski definition) is 1. The molecule has 21 heavy (non-hydrogen) atoms. The Bertz CT molecular complexity index is 643. The van der Waals surface area contributed by atoms with Gasteiger partial charge in [-0.1, -0.05) is 23.7 Å². The minimum atomic E-state index is -0.654. The molecule has 6 heteroatoms. The van der Waals surface area contributed by atoms with E-state index in [9.17, 15) is 13.2 Å². The monoisotopic (exact) mass is 377 g/mol. The Morgan fingerprint density at radius 1 is 1.14 bits per heavy atom. The molecule has 0 radical (unpaired) electrons. The number of halogens is 5. The van der Waals surface area contributed by atoms with Crippen molar-refractivity contribution in [3.63, 3.8) is 0 Å². The van der Waals surface area contributed by atoms with Crippen LogP contribution in [0.1, 0.15) is 17.2 Å². The molecule has 2 aromatic rings.